The van der Waals surface area contributed by atoms with E-state index in [1.165, 1.54) is 0 Å². The summed E-state index contributed by atoms with van der Waals surface area (Å²) in [6.07, 6.45) is 2.28. The van der Waals surface area contributed by atoms with Crippen LogP contribution in [0.2, 0.25) is 0 Å². The average Bonchev–Trinajstić information content (AvgIpc) is 2.74. The van der Waals surface area contributed by atoms with Crippen LogP contribution in [0.4, 0.5) is 0 Å². The molecule has 0 bridgehead atoms. The first-order valence-corrected chi connectivity index (χ1v) is 10.9. The monoisotopic (exact) mass is 476 g/mol. The number of carbonyl (C=O) groups excluding carboxylic acids is 2. The van der Waals surface area contributed by atoms with Crippen molar-refractivity contribution in [2.24, 2.45) is 0 Å². The number of ether oxygens (including phenoxy) is 1. The van der Waals surface area contributed by atoms with Gasteiger partial charge in [0.15, 0.2) is 0 Å². The van der Waals surface area contributed by atoms with Crippen molar-refractivity contribution in [1.29, 1.82) is 0 Å². The lowest BCUT2D eigenvalue weighted by atomic mass is 10.1. The van der Waals surface area contributed by atoms with E-state index in [4.69, 9.17) is 4.74 Å². The van der Waals surface area contributed by atoms with E-state index in [1.807, 2.05) is 32.2 Å². The Morgan fingerprint density at radius 2 is 1.83 bits per heavy atom. The van der Waals surface area contributed by atoms with Gasteiger partial charge in [-0.05, 0) is 64.2 Å². The summed E-state index contributed by atoms with van der Waals surface area (Å²) in [5.41, 5.74) is 1.99. The largest absolute Gasteiger partial charge is 0.508 e. The number of benzene rings is 2. The molecule has 0 saturated carbocycles. The lowest BCUT2D eigenvalue weighted by molar-refractivity contribution is -0.129. The molecule has 2 N–H and O–H groups in total. The van der Waals surface area contributed by atoms with Crippen LogP contribution in [0, 0.1) is 0 Å². The van der Waals surface area contributed by atoms with Gasteiger partial charge in [-0.3, -0.25) is 9.59 Å². The molecule has 162 valence electrons. The number of rotatable bonds is 11. The maximum atomic E-state index is 11.9. The number of aromatic hydroxyl groups is 1. The van der Waals surface area contributed by atoms with Crippen molar-refractivity contribution in [3.05, 3.63) is 58.1 Å². The van der Waals surface area contributed by atoms with Crippen LogP contribution in [0.25, 0.3) is 0 Å². The van der Waals surface area contributed by atoms with E-state index >= 15 is 0 Å². The molecular weight excluding hydrogens is 448 g/mol. The second-order valence-electron chi connectivity index (χ2n) is 7.08. The fraction of sp³-hybridized carbons (Fsp3) is 0.391. The van der Waals surface area contributed by atoms with Crippen LogP contribution in [-0.4, -0.2) is 48.6 Å². The highest BCUT2D eigenvalue weighted by Gasteiger charge is 2.08. The molecule has 0 aliphatic rings. The lowest BCUT2D eigenvalue weighted by Crippen LogP contribution is -2.27. The summed E-state index contributed by atoms with van der Waals surface area (Å²) in [5, 5.41) is 12.1. The number of carbonyl (C=O) groups is 2. The van der Waals surface area contributed by atoms with Crippen LogP contribution < -0.4 is 10.1 Å². The van der Waals surface area contributed by atoms with Crippen LogP contribution in [0.15, 0.2) is 46.9 Å². The maximum absolute atomic E-state index is 11.9. The van der Waals surface area contributed by atoms with Gasteiger partial charge < -0.3 is 20.1 Å². The van der Waals surface area contributed by atoms with Crippen LogP contribution in [0.1, 0.15) is 30.9 Å². The van der Waals surface area contributed by atoms with Gasteiger partial charge in [-0.2, -0.15) is 0 Å². The van der Waals surface area contributed by atoms with Crippen LogP contribution in [0.3, 0.4) is 0 Å². The maximum Gasteiger partial charge on any atom is 0.224 e. The molecule has 7 heteroatoms. The van der Waals surface area contributed by atoms with Crippen LogP contribution in [-0.2, 0) is 22.4 Å². The number of likely N-dealkylation sites (N-methyl/N-ethyl adjacent to an activating group) is 1. The zero-order valence-corrected chi connectivity index (χ0v) is 19.1. The molecule has 0 atom stereocenters. The Hall–Kier alpha value is -2.54. The van der Waals surface area contributed by atoms with Gasteiger partial charge in [0.2, 0.25) is 11.8 Å². The van der Waals surface area contributed by atoms with E-state index in [1.54, 1.807) is 29.2 Å². The highest BCUT2D eigenvalue weighted by molar-refractivity contribution is 9.10. The number of hydrogen-bond donors (Lipinski definition) is 2. The summed E-state index contributed by atoms with van der Waals surface area (Å²) in [5.74, 6) is 1.03. The summed E-state index contributed by atoms with van der Waals surface area (Å²) >= 11 is 3.54. The van der Waals surface area contributed by atoms with Crippen molar-refractivity contribution in [2.45, 2.75) is 32.6 Å². The third-order valence-electron chi connectivity index (χ3n) is 4.66. The molecule has 0 aliphatic heterocycles. The molecule has 2 aromatic carbocycles. The molecule has 0 radical (unpaired) electrons. The minimum atomic E-state index is -0.0576. The zero-order chi connectivity index (χ0) is 21.9. The van der Waals surface area contributed by atoms with Crippen molar-refractivity contribution in [3.8, 4) is 11.5 Å². The van der Waals surface area contributed by atoms with Gasteiger partial charge in [0.25, 0.3) is 0 Å². The van der Waals surface area contributed by atoms with Gasteiger partial charge in [-0.15, -0.1) is 0 Å². The molecule has 0 spiro atoms. The molecule has 2 rings (SSSR count). The Kier molecular flexibility index (Phi) is 9.67. The first kappa shape index (κ1) is 23.7. The van der Waals surface area contributed by atoms with Crippen molar-refractivity contribution in [1.82, 2.24) is 10.2 Å². The summed E-state index contributed by atoms with van der Waals surface area (Å²) in [6, 6.07) is 12.6. The zero-order valence-electron chi connectivity index (χ0n) is 17.5. The molecule has 0 heterocycles. The van der Waals surface area contributed by atoms with Gasteiger partial charge in [-0.1, -0.05) is 25.1 Å². The predicted molar refractivity (Wildman–Crippen MR) is 121 cm³/mol. The molecular formula is C23H29BrN2O4. The molecule has 2 amide bonds. The third kappa shape index (κ3) is 8.06. The summed E-state index contributed by atoms with van der Waals surface area (Å²) in [7, 11) is 1.82. The number of halogens is 1. The normalized spacial score (nSPS) is 10.5. The quantitative estimate of drug-likeness (QED) is 0.484. The van der Waals surface area contributed by atoms with E-state index in [0.717, 1.165) is 27.8 Å². The second kappa shape index (κ2) is 12.2. The minimum absolute atomic E-state index is 0.0576. The highest BCUT2D eigenvalue weighted by Crippen LogP contribution is 2.26. The fourth-order valence-electron chi connectivity index (χ4n) is 2.85. The van der Waals surface area contributed by atoms with Crippen molar-refractivity contribution < 1.29 is 19.4 Å². The lowest BCUT2D eigenvalue weighted by Gasteiger charge is -2.16. The average molecular weight is 477 g/mol. The summed E-state index contributed by atoms with van der Waals surface area (Å²) in [4.78, 5) is 25.3. The predicted octanol–water partition coefficient (Wildman–Crippen LogP) is 3.69. The standard InChI is InChI=1S/C23H29BrN2O4/c1-3-23(29)26(2)13-11-18-7-10-21(20(24)15-18)30-14-4-12-25-22(28)16-17-5-8-19(27)9-6-17/h5-10,15,27H,3-4,11-14,16H2,1-2H3,(H,25,28). The van der Waals surface area contributed by atoms with E-state index < -0.39 is 0 Å². The van der Waals surface area contributed by atoms with Gasteiger partial charge in [0.05, 0.1) is 17.5 Å². The Labute approximate surface area is 186 Å². The SMILES string of the molecule is CCC(=O)N(C)CCc1ccc(OCCCNC(=O)Cc2ccc(O)cc2)c(Br)c1. The molecule has 0 saturated heterocycles. The van der Waals surface area contributed by atoms with Crippen molar-refractivity contribution in [2.75, 3.05) is 26.7 Å². The fourth-order valence-corrected chi connectivity index (χ4v) is 3.39. The molecule has 0 aliphatic carbocycles. The Morgan fingerprint density at radius 1 is 1.13 bits per heavy atom. The van der Waals surface area contributed by atoms with Crippen molar-refractivity contribution >= 4 is 27.7 Å². The van der Waals surface area contributed by atoms with E-state index in [9.17, 15) is 14.7 Å². The smallest absolute Gasteiger partial charge is 0.224 e. The molecule has 0 fully saturated rings. The molecule has 30 heavy (non-hydrogen) atoms. The van der Waals surface area contributed by atoms with Gasteiger partial charge in [0, 0.05) is 26.6 Å². The molecule has 2 aromatic rings. The van der Waals surface area contributed by atoms with E-state index in [2.05, 4.69) is 21.2 Å². The molecule has 6 nitrogen and oxygen atoms in total. The summed E-state index contributed by atoms with van der Waals surface area (Å²) in [6.45, 7) is 3.57. The first-order chi connectivity index (χ1) is 14.4. The third-order valence-corrected chi connectivity index (χ3v) is 5.28. The number of phenolic OH excluding ortho intramolecular Hbond substituents is 1. The molecule has 0 aromatic heterocycles. The Morgan fingerprint density at radius 3 is 2.50 bits per heavy atom. The van der Waals surface area contributed by atoms with Gasteiger partial charge in [-0.25, -0.2) is 0 Å². The van der Waals surface area contributed by atoms with E-state index in [-0.39, 0.29) is 24.0 Å². The minimum Gasteiger partial charge on any atom is -0.508 e. The number of nitrogens with zero attached hydrogens (tertiary/aromatic N) is 1. The Balaban J connectivity index is 1.67. The van der Waals surface area contributed by atoms with Crippen LogP contribution >= 0.6 is 15.9 Å². The first-order valence-electron chi connectivity index (χ1n) is 10.1. The summed E-state index contributed by atoms with van der Waals surface area (Å²) < 4.78 is 6.67. The second-order valence-corrected chi connectivity index (χ2v) is 7.93. The van der Waals surface area contributed by atoms with E-state index in [0.29, 0.717) is 32.5 Å². The Bertz CT molecular complexity index is 840. The molecule has 0 unspecified atom stereocenters. The number of amides is 2. The topological polar surface area (TPSA) is 78.9 Å². The van der Waals surface area contributed by atoms with Gasteiger partial charge >= 0.3 is 0 Å². The number of phenols is 1. The number of nitrogens with one attached hydrogen (secondary N) is 1. The highest BCUT2D eigenvalue weighted by atomic mass is 79.9. The van der Waals surface area contributed by atoms with Gasteiger partial charge in [0.1, 0.15) is 11.5 Å². The number of hydrogen-bond acceptors (Lipinski definition) is 4. The van der Waals surface area contributed by atoms with Crippen molar-refractivity contribution in [3.63, 3.8) is 0 Å². The van der Waals surface area contributed by atoms with Crippen LogP contribution in [0.5, 0.6) is 11.5 Å².